The van der Waals surface area contributed by atoms with Gasteiger partial charge in [-0.25, -0.2) is 0 Å². The monoisotopic (exact) mass is 342 g/mol. The lowest BCUT2D eigenvalue weighted by Crippen LogP contribution is -2.55. The summed E-state index contributed by atoms with van der Waals surface area (Å²) in [6, 6.07) is 19.6. The highest BCUT2D eigenvalue weighted by Crippen LogP contribution is 2.34. The molecule has 0 aromatic heterocycles. The number of aliphatic hydroxyl groups is 1. The van der Waals surface area contributed by atoms with Crippen LogP contribution >= 0.6 is 0 Å². The molecule has 5 atom stereocenters. The molecule has 132 valence electrons. The summed E-state index contributed by atoms with van der Waals surface area (Å²) in [4.78, 5) is 0. The molecule has 4 rings (SSSR count). The van der Waals surface area contributed by atoms with Gasteiger partial charge in [0, 0.05) is 12.0 Å². The third kappa shape index (κ3) is 3.92. The second-order valence-corrected chi connectivity index (χ2v) is 6.38. The summed E-state index contributed by atoms with van der Waals surface area (Å²) < 4.78 is 23.5. The quantitative estimate of drug-likeness (QED) is 0.926. The number of benzene rings is 2. The van der Waals surface area contributed by atoms with Crippen molar-refractivity contribution in [1.29, 1.82) is 0 Å². The average molecular weight is 342 g/mol. The third-order valence-electron chi connectivity index (χ3n) is 4.55. The molecular formula is C20H22O5. The standard InChI is InChI=1S/C20H22O5/c21-16-11-18(22-12-14-7-3-1-4-8-14)24-17-13-23-20(25-19(16)17)15-9-5-2-6-10-15/h1-10,16-21H,11-13H2/t16-,17+,18-,19-,20+/m0/s1. The van der Waals surface area contributed by atoms with Gasteiger partial charge in [0.25, 0.3) is 0 Å². The molecule has 0 radical (unpaired) electrons. The molecule has 0 unspecified atom stereocenters. The van der Waals surface area contributed by atoms with E-state index in [1.807, 2.05) is 60.7 Å². The second-order valence-electron chi connectivity index (χ2n) is 6.38. The number of rotatable bonds is 4. The van der Waals surface area contributed by atoms with Crippen LogP contribution in [0.5, 0.6) is 0 Å². The summed E-state index contributed by atoms with van der Waals surface area (Å²) in [6.07, 6.45) is -1.93. The van der Waals surface area contributed by atoms with Gasteiger partial charge in [0.05, 0.1) is 19.3 Å². The summed E-state index contributed by atoms with van der Waals surface area (Å²) >= 11 is 0. The Bertz CT molecular complexity index is 662. The van der Waals surface area contributed by atoms with Crippen LogP contribution in [0, 0.1) is 0 Å². The highest BCUT2D eigenvalue weighted by molar-refractivity contribution is 5.16. The smallest absolute Gasteiger partial charge is 0.184 e. The Morgan fingerprint density at radius 3 is 2.44 bits per heavy atom. The van der Waals surface area contributed by atoms with Crippen LogP contribution in [0.3, 0.4) is 0 Å². The van der Waals surface area contributed by atoms with Gasteiger partial charge in [0.2, 0.25) is 0 Å². The van der Waals surface area contributed by atoms with Crippen LogP contribution in [0.25, 0.3) is 0 Å². The highest BCUT2D eigenvalue weighted by atomic mass is 16.7. The Balaban J connectivity index is 1.35. The summed E-state index contributed by atoms with van der Waals surface area (Å²) in [5.41, 5.74) is 2.01. The maximum absolute atomic E-state index is 10.5. The Labute approximate surface area is 147 Å². The number of hydrogen-bond donors (Lipinski definition) is 1. The molecular weight excluding hydrogens is 320 g/mol. The third-order valence-corrected chi connectivity index (χ3v) is 4.55. The normalized spacial score (nSPS) is 32.1. The van der Waals surface area contributed by atoms with Crippen molar-refractivity contribution in [3.63, 3.8) is 0 Å². The Morgan fingerprint density at radius 2 is 1.68 bits per heavy atom. The predicted molar refractivity (Wildman–Crippen MR) is 90.5 cm³/mol. The average Bonchev–Trinajstić information content (AvgIpc) is 2.68. The Hall–Kier alpha value is -1.76. The molecule has 2 saturated heterocycles. The maximum Gasteiger partial charge on any atom is 0.184 e. The molecule has 0 aliphatic carbocycles. The number of aliphatic hydroxyl groups excluding tert-OH is 1. The van der Waals surface area contributed by atoms with E-state index in [0.29, 0.717) is 19.6 Å². The Morgan fingerprint density at radius 1 is 0.960 bits per heavy atom. The molecule has 1 N–H and O–H groups in total. The molecule has 0 spiro atoms. The molecule has 5 heteroatoms. The van der Waals surface area contributed by atoms with Crippen molar-refractivity contribution in [3.8, 4) is 0 Å². The van der Waals surface area contributed by atoms with E-state index in [4.69, 9.17) is 18.9 Å². The van der Waals surface area contributed by atoms with Gasteiger partial charge in [-0.1, -0.05) is 60.7 Å². The van der Waals surface area contributed by atoms with E-state index in [1.165, 1.54) is 0 Å². The van der Waals surface area contributed by atoms with Crippen molar-refractivity contribution in [2.24, 2.45) is 0 Å². The number of hydrogen-bond acceptors (Lipinski definition) is 5. The summed E-state index contributed by atoms with van der Waals surface area (Å²) in [5.74, 6) is 0. The largest absolute Gasteiger partial charge is 0.390 e. The fourth-order valence-electron chi connectivity index (χ4n) is 3.24. The van der Waals surface area contributed by atoms with Crippen LogP contribution in [0.2, 0.25) is 0 Å². The minimum Gasteiger partial charge on any atom is -0.390 e. The minimum atomic E-state index is -0.644. The lowest BCUT2D eigenvalue weighted by Gasteiger charge is -2.44. The summed E-state index contributed by atoms with van der Waals surface area (Å²) in [5, 5.41) is 10.5. The van der Waals surface area contributed by atoms with E-state index in [1.54, 1.807) is 0 Å². The van der Waals surface area contributed by atoms with Gasteiger partial charge in [-0.3, -0.25) is 0 Å². The van der Waals surface area contributed by atoms with E-state index in [2.05, 4.69) is 0 Å². The topological polar surface area (TPSA) is 57.2 Å². The molecule has 2 aliphatic heterocycles. The first-order valence-corrected chi connectivity index (χ1v) is 8.60. The van der Waals surface area contributed by atoms with Crippen LogP contribution in [-0.2, 0) is 25.6 Å². The van der Waals surface area contributed by atoms with Crippen molar-refractivity contribution in [3.05, 3.63) is 71.8 Å². The van der Waals surface area contributed by atoms with Gasteiger partial charge in [-0.05, 0) is 5.56 Å². The van der Waals surface area contributed by atoms with Crippen molar-refractivity contribution in [1.82, 2.24) is 0 Å². The molecule has 2 aromatic carbocycles. The van der Waals surface area contributed by atoms with Gasteiger partial charge in [0.1, 0.15) is 12.2 Å². The highest BCUT2D eigenvalue weighted by Gasteiger charge is 2.44. The molecule has 2 heterocycles. The van der Waals surface area contributed by atoms with Crippen molar-refractivity contribution >= 4 is 0 Å². The summed E-state index contributed by atoms with van der Waals surface area (Å²) in [6.45, 7) is 0.816. The van der Waals surface area contributed by atoms with Gasteiger partial charge in [-0.2, -0.15) is 0 Å². The number of ether oxygens (including phenoxy) is 4. The van der Waals surface area contributed by atoms with Gasteiger partial charge in [0.15, 0.2) is 12.6 Å². The first kappa shape index (κ1) is 16.7. The SMILES string of the molecule is O[C@H]1C[C@@H](OCc2ccccc2)O[C@@H]2CO[C@@H](c3ccccc3)O[C@@H]12. The molecule has 0 bridgehead atoms. The molecule has 0 saturated carbocycles. The van der Waals surface area contributed by atoms with Crippen LogP contribution in [0.15, 0.2) is 60.7 Å². The molecule has 2 aliphatic rings. The molecule has 25 heavy (non-hydrogen) atoms. The fraction of sp³-hybridized carbons (Fsp3) is 0.400. The van der Waals surface area contributed by atoms with Crippen LogP contribution in [0.1, 0.15) is 23.8 Å². The molecule has 2 aromatic rings. The van der Waals surface area contributed by atoms with E-state index in [-0.39, 0.29) is 6.10 Å². The first-order chi connectivity index (χ1) is 12.3. The zero-order chi connectivity index (χ0) is 17.1. The van der Waals surface area contributed by atoms with Gasteiger partial charge >= 0.3 is 0 Å². The second kappa shape index (κ2) is 7.64. The lowest BCUT2D eigenvalue weighted by molar-refractivity contribution is -0.338. The van der Waals surface area contributed by atoms with Crippen molar-refractivity contribution in [2.75, 3.05) is 6.61 Å². The first-order valence-electron chi connectivity index (χ1n) is 8.60. The zero-order valence-electron chi connectivity index (χ0n) is 13.9. The van der Waals surface area contributed by atoms with Crippen LogP contribution in [-0.4, -0.2) is 36.3 Å². The predicted octanol–water partition coefficient (Wildman–Crippen LogP) is 2.79. The van der Waals surface area contributed by atoms with Gasteiger partial charge in [-0.15, -0.1) is 0 Å². The molecule has 2 fully saturated rings. The Kier molecular flexibility index (Phi) is 5.10. The van der Waals surface area contributed by atoms with E-state index < -0.39 is 24.8 Å². The van der Waals surface area contributed by atoms with E-state index in [0.717, 1.165) is 11.1 Å². The maximum atomic E-state index is 10.5. The number of fused-ring (bicyclic) bond motifs is 1. The summed E-state index contributed by atoms with van der Waals surface area (Å²) in [7, 11) is 0. The van der Waals surface area contributed by atoms with Gasteiger partial charge < -0.3 is 24.1 Å². The van der Waals surface area contributed by atoms with E-state index >= 15 is 0 Å². The lowest BCUT2D eigenvalue weighted by atomic mass is 10.0. The molecule has 0 amide bonds. The van der Waals surface area contributed by atoms with E-state index in [9.17, 15) is 5.11 Å². The molecule has 5 nitrogen and oxygen atoms in total. The van der Waals surface area contributed by atoms with Crippen LogP contribution in [0.4, 0.5) is 0 Å². The minimum absolute atomic E-state index is 0.329. The van der Waals surface area contributed by atoms with Crippen molar-refractivity contribution in [2.45, 2.75) is 43.9 Å². The zero-order valence-corrected chi connectivity index (χ0v) is 13.9. The van der Waals surface area contributed by atoms with Crippen LogP contribution < -0.4 is 0 Å². The van der Waals surface area contributed by atoms with Crippen molar-refractivity contribution < 1.29 is 24.1 Å². The fourth-order valence-corrected chi connectivity index (χ4v) is 3.24.